The predicted molar refractivity (Wildman–Crippen MR) is 110 cm³/mol. The van der Waals surface area contributed by atoms with Crippen LogP contribution in [0.3, 0.4) is 0 Å². The summed E-state index contributed by atoms with van der Waals surface area (Å²) in [5.41, 5.74) is 4.58. The van der Waals surface area contributed by atoms with Gasteiger partial charge in [-0.2, -0.15) is 0 Å². The molecule has 0 heterocycles. The van der Waals surface area contributed by atoms with Crippen LogP contribution in [0.2, 0.25) is 0 Å². The van der Waals surface area contributed by atoms with E-state index in [1.165, 1.54) is 5.56 Å². The molecule has 0 saturated carbocycles. The molecule has 4 heteroatoms. The normalized spacial score (nSPS) is 11.7. The van der Waals surface area contributed by atoms with Gasteiger partial charge in [-0.05, 0) is 75.8 Å². The molecule has 2 rings (SSSR count). The Labute approximate surface area is 173 Å². The van der Waals surface area contributed by atoms with Crippen LogP contribution in [0.4, 0.5) is 0 Å². The van der Waals surface area contributed by atoms with Gasteiger partial charge in [-0.1, -0.05) is 45.0 Å². The second-order valence-corrected chi connectivity index (χ2v) is 9.16. The summed E-state index contributed by atoms with van der Waals surface area (Å²) in [6, 6.07) is 12.2. The number of carbonyl (C=O) groups is 1. The summed E-state index contributed by atoms with van der Waals surface area (Å²) in [4.78, 5) is 12.9. The molecular weight excluding hydrogens is 334 g/mol. The number of hydrogen-bond acceptors (Lipinski definition) is 2. The van der Waals surface area contributed by atoms with E-state index in [4.69, 9.17) is 4.74 Å². The molecule has 0 N–H and O–H groups in total. The molecule has 0 spiro atoms. The quantitative estimate of drug-likeness (QED) is 0.602. The molecule has 1 atom stereocenters. The van der Waals surface area contributed by atoms with E-state index in [9.17, 15) is 4.79 Å². The van der Waals surface area contributed by atoms with Gasteiger partial charge in [0.15, 0.2) is 5.52 Å². The van der Waals surface area contributed by atoms with Crippen molar-refractivity contribution < 1.29 is 29.8 Å². The summed E-state index contributed by atoms with van der Waals surface area (Å²) >= 11 is 0. The summed E-state index contributed by atoms with van der Waals surface area (Å²) < 4.78 is 5.66. The monoisotopic (exact) mass is 364 g/mol. The van der Waals surface area contributed by atoms with Crippen molar-refractivity contribution >= 4 is 19.4 Å². The van der Waals surface area contributed by atoms with Crippen molar-refractivity contribution in [2.45, 2.75) is 60.0 Å². The Balaban J connectivity index is 0.00000338. The van der Waals surface area contributed by atoms with Crippen LogP contribution in [-0.2, 0) is 5.41 Å². The van der Waals surface area contributed by atoms with Gasteiger partial charge in [0.1, 0.15) is 5.75 Å². The van der Waals surface area contributed by atoms with E-state index in [1.807, 2.05) is 52.0 Å². The molecule has 0 aromatic heterocycles. The van der Waals surface area contributed by atoms with Gasteiger partial charge >= 0.3 is 18.9 Å². The molecule has 0 amide bonds. The van der Waals surface area contributed by atoms with Gasteiger partial charge in [-0.25, -0.2) is 0 Å². The number of ether oxygens (including phenoxy) is 1. The Morgan fingerprint density at radius 3 is 1.96 bits per heavy atom. The maximum atomic E-state index is 12.9. The average molecular weight is 364 g/mol. The summed E-state index contributed by atoms with van der Waals surface area (Å²) in [7, 11) is 0.130. The van der Waals surface area contributed by atoms with Crippen LogP contribution in [-0.4, -0.2) is 11.6 Å². The molecule has 136 valence electrons. The molecule has 2 aromatic carbocycles. The number of rotatable bonds is 5. The second-order valence-electron chi connectivity index (χ2n) is 7.88. The molecule has 1 unspecified atom stereocenters. The summed E-state index contributed by atoms with van der Waals surface area (Å²) in [6.45, 7) is 14.7. The molecule has 0 bridgehead atoms. The third-order valence-corrected chi connectivity index (χ3v) is 5.21. The third kappa shape index (κ3) is 5.99. The zero-order valence-corrected chi connectivity index (χ0v) is 18.4. The molecule has 2 aromatic rings. The molecule has 0 aliphatic carbocycles. The molecule has 0 saturated heterocycles. The van der Waals surface area contributed by atoms with Crippen molar-refractivity contribution in [1.29, 1.82) is 0 Å². The Bertz CT molecular complexity index is 742. The predicted octanol–water partition coefficient (Wildman–Crippen LogP) is 2.65. The topological polar surface area (TPSA) is 26.3 Å². The van der Waals surface area contributed by atoms with E-state index in [1.54, 1.807) is 0 Å². The number of benzene rings is 2. The van der Waals surface area contributed by atoms with E-state index < -0.39 is 0 Å². The number of aryl methyl sites for hydroxylation is 2. The minimum absolute atomic E-state index is 0. The van der Waals surface area contributed by atoms with Crippen LogP contribution in [0.1, 0.15) is 63.1 Å². The molecule has 0 fully saturated rings. The fraction of sp³-hybridized carbons (Fsp3) is 0.409. The fourth-order valence-electron chi connectivity index (χ4n) is 2.84. The van der Waals surface area contributed by atoms with E-state index in [0.717, 1.165) is 27.7 Å². The van der Waals surface area contributed by atoms with Crippen LogP contribution in [0, 0.1) is 13.8 Å². The Kier molecular flexibility index (Phi) is 8.16. The zero-order chi connectivity index (χ0) is 18.8. The Hall–Kier alpha value is -1.06. The van der Waals surface area contributed by atoms with Crippen molar-refractivity contribution in [1.82, 2.24) is 0 Å². The first-order valence-electron chi connectivity index (χ1n) is 8.77. The largest absolute Gasteiger partial charge is 1.00 e. The molecule has 2 nitrogen and oxygen atoms in total. The van der Waals surface area contributed by atoms with Crippen LogP contribution in [0.15, 0.2) is 36.4 Å². The first-order valence-corrected chi connectivity index (χ1v) is 9.77. The number of hydrogen-bond donors (Lipinski definition) is 0. The fourth-order valence-corrected chi connectivity index (χ4v) is 3.95. The molecule has 0 radical (unpaired) electrons. The Morgan fingerprint density at radius 1 is 1.04 bits per heavy atom. The van der Waals surface area contributed by atoms with Gasteiger partial charge in [-0.3, -0.25) is 4.79 Å². The molecule has 26 heavy (non-hydrogen) atoms. The van der Waals surface area contributed by atoms with Crippen LogP contribution in [0.5, 0.6) is 5.75 Å². The van der Waals surface area contributed by atoms with Gasteiger partial charge < -0.3 is 6.16 Å². The van der Waals surface area contributed by atoms with Crippen molar-refractivity contribution in [3.05, 3.63) is 58.7 Å². The third-order valence-electron chi connectivity index (χ3n) is 4.11. The minimum atomic E-state index is 0. The number of carbonyl (C=O) groups excluding carboxylic acids is 1. The maximum absolute atomic E-state index is 12.9. The average Bonchev–Trinajstić information content (AvgIpc) is 2.47. The SMILES string of the molecule is Cc1cc(C(C)(C)C)cc(C)c1C(=O)Pc1ccc(OC(C)C)cc1.[H-].[Li+]. The van der Waals surface area contributed by atoms with Gasteiger partial charge in [0.2, 0.25) is 0 Å². The second kappa shape index (κ2) is 9.23. The first kappa shape index (κ1) is 23.0. The van der Waals surface area contributed by atoms with E-state index in [0.29, 0.717) is 0 Å². The van der Waals surface area contributed by atoms with Crippen LogP contribution in [0.25, 0.3) is 0 Å². The van der Waals surface area contributed by atoms with Gasteiger partial charge in [-0.15, -0.1) is 0 Å². The van der Waals surface area contributed by atoms with Gasteiger partial charge in [0.25, 0.3) is 0 Å². The van der Waals surface area contributed by atoms with E-state index >= 15 is 0 Å². The molecule has 0 aliphatic rings. The summed E-state index contributed by atoms with van der Waals surface area (Å²) in [5.74, 6) is 0.845. The molecular formula is C22H30LiO2P. The van der Waals surface area contributed by atoms with Crippen LogP contribution >= 0.6 is 8.58 Å². The first-order chi connectivity index (χ1) is 11.6. The van der Waals surface area contributed by atoms with Crippen molar-refractivity contribution in [3.63, 3.8) is 0 Å². The standard InChI is InChI=1S/C22H29O2P.Li.H/c1-14(2)24-18-8-10-19(11-9-18)25-21(23)20-15(3)12-17(13-16(20)4)22(5,6)7;;/h8-14,25H,1-7H3;;/q;+1;-1. The van der Waals surface area contributed by atoms with Gasteiger partial charge in [0, 0.05) is 5.56 Å². The van der Waals surface area contributed by atoms with E-state index in [-0.39, 0.29) is 45.9 Å². The zero-order valence-electron chi connectivity index (χ0n) is 18.4. The molecule has 0 aliphatic heterocycles. The maximum Gasteiger partial charge on any atom is 1.00 e. The van der Waals surface area contributed by atoms with Gasteiger partial charge in [0.05, 0.1) is 6.10 Å². The smallest absolute Gasteiger partial charge is 1.00 e. The van der Waals surface area contributed by atoms with Crippen molar-refractivity contribution in [2.75, 3.05) is 0 Å². The van der Waals surface area contributed by atoms with Crippen molar-refractivity contribution in [3.8, 4) is 5.75 Å². The Morgan fingerprint density at radius 2 is 1.54 bits per heavy atom. The van der Waals surface area contributed by atoms with Crippen LogP contribution < -0.4 is 28.9 Å². The summed E-state index contributed by atoms with van der Waals surface area (Å²) in [6.07, 6.45) is 0.154. The van der Waals surface area contributed by atoms with E-state index in [2.05, 4.69) is 32.9 Å². The summed E-state index contributed by atoms with van der Waals surface area (Å²) in [5, 5.41) is 1.04. The minimum Gasteiger partial charge on any atom is -1.00 e. The van der Waals surface area contributed by atoms with Crippen molar-refractivity contribution in [2.24, 2.45) is 0 Å².